The van der Waals surface area contributed by atoms with Crippen LogP contribution < -0.4 is 5.32 Å². The lowest BCUT2D eigenvalue weighted by atomic mass is 9.91. The van der Waals surface area contributed by atoms with Crippen LogP contribution in [-0.4, -0.2) is 64.3 Å². The molecule has 0 bridgehead atoms. The average Bonchev–Trinajstić information content (AvgIpc) is 3.29. The number of benzene rings is 1. The van der Waals surface area contributed by atoms with Crippen LogP contribution in [0.4, 0.5) is 5.69 Å². The third-order valence-corrected chi connectivity index (χ3v) is 5.89. The summed E-state index contributed by atoms with van der Waals surface area (Å²) >= 11 is 0. The third kappa shape index (κ3) is 4.84. The van der Waals surface area contributed by atoms with Crippen molar-refractivity contribution in [2.75, 3.05) is 38.0 Å². The molecule has 1 N–H and O–H groups in total. The standard InChI is InChI=1S/C23H29N5O2/c1-17(29)26-20-8-4-6-18(14-20)22-23(25-10-9-24-22)19-7-5-11-27(15-19)16-21(30)28-12-2-3-13-28/h4,6,8-10,14,19H,2-3,5,7,11-13,15-16H2,1H3,(H,26,29)/t19-/m1/s1. The SMILES string of the molecule is CC(=O)Nc1cccc(-c2nccnc2[C@@H]2CCCN(CC(=O)N3CCCC3)C2)c1. The van der Waals surface area contributed by atoms with Gasteiger partial charge in [0.2, 0.25) is 11.8 Å². The van der Waals surface area contributed by atoms with E-state index in [0.29, 0.717) is 6.54 Å². The molecule has 0 aliphatic carbocycles. The zero-order chi connectivity index (χ0) is 20.9. The van der Waals surface area contributed by atoms with Crippen LogP contribution in [0.25, 0.3) is 11.3 Å². The number of piperidine rings is 1. The maximum absolute atomic E-state index is 12.6. The first-order valence-electron chi connectivity index (χ1n) is 10.8. The quantitative estimate of drug-likeness (QED) is 0.825. The van der Waals surface area contributed by atoms with Crippen LogP contribution in [0.1, 0.15) is 44.2 Å². The van der Waals surface area contributed by atoms with E-state index in [-0.39, 0.29) is 17.7 Å². The minimum absolute atomic E-state index is 0.0999. The largest absolute Gasteiger partial charge is 0.342 e. The summed E-state index contributed by atoms with van der Waals surface area (Å²) in [5.74, 6) is 0.380. The normalized spacial score (nSPS) is 19.6. The third-order valence-electron chi connectivity index (χ3n) is 5.89. The molecule has 2 saturated heterocycles. The Hall–Kier alpha value is -2.80. The highest BCUT2D eigenvalue weighted by molar-refractivity contribution is 5.89. The van der Waals surface area contributed by atoms with Crippen molar-refractivity contribution >= 4 is 17.5 Å². The maximum Gasteiger partial charge on any atom is 0.236 e. The molecular weight excluding hydrogens is 378 g/mol. The van der Waals surface area contributed by atoms with E-state index in [1.54, 1.807) is 12.4 Å². The van der Waals surface area contributed by atoms with Crippen LogP contribution in [0.3, 0.4) is 0 Å². The molecule has 0 saturated carbocycles. The molecule has 158 valence electrons. The molecule has 0 spiro atoms. The molecule has 2 aliphatic rings. The van der Waals surface area contributed by atoms with Crippen molar-refractivity contribution in [3.05, 3.63) is 42.4 Å². The summed E-state index contributed by atoms with van der Waals surface area (Å²) in [4.78, 5) is 37.6. The molecule has 0 radical (unpaired) electrons. The lowest BCUT2D eigenvalue weighted by molar-refractivity contribution is -0.131. The zero-order valence-electron chi connectivity index (χ0n) is 17.5. The number of hydrogen-bond acceptors (Lipinski definition) is 5. The van der Waals surface area contributed by atoms with E-state index in [0.717, 1.165) is 74.5 Å². The van der Waals surface area contributed by atoms with Gasteiger partial charge in [-0.15, -0.1) is 0 Å². The molecule has 1 atom stereocenters. The second kappa shape index (κ2) is 9.34. The van der Waals surface area contributed by atoms with Crippen molar-refractivity contribution in [1.82, 2.24) is 19.8 Å². The van der Waals surface area contributed by atoms with Gasteiger partial charge < -0.3 is 10.2 Å². The first kappa shape index (κ1) is 20.5. The Morgan fingerprint density at radius 1 is 1.10 bits per heavy atom. The molecule has 3 heterocycles. The smallest absolute Gasteiger partial charge is 0.236 e. The summed E-state index contributed by atoms with van der Waals surface area (Å²) < 4.78 is 0. The highest BCUT2D eigenvalue weighted by Crippen LogP contribution is 2.32. The van der Waals surface area contributed by atoms with Crippen LogP contribution in [0.15, 0.2) is 36.7 Å². The van der Waals surface area contributed by atoms with E-state index < -0.39 is 0 Å². The Morgan fingerprint density at radius 2 is 1.90 bits per heavy atom. The summed E-state index contributed by atoms with van der Waals surface area (Å²) in [5, 5.41) is 2.83. The van der Waals surface area contributed by atoms with E-state index in [1.807, 2.05) is 29.2 Å². The highest BCUT2D eigenvalue weighted by atomic mass is 16.2. The van der Waals surface area contributed by atoms with Crippen molar-refractivity contribution in [1.29, 1.82) is 0 Å². The Bertz CT molecular complexity index is 910. The topological polar surface area (TPSA) is 78.4 Å². The van der Waals surface area contributed by atoms with Crippen LogP contribution in [0.2, 0.25) is 0 Å². The number of rotatable bonds is 5. The van der Waals surface area contributed by atoms with E-state index in [4.69, 9.17) is 0 Å². The molecule has 2 aromatic rings. The molecule has 2 aliphatic heterocycles. The van der Waals surface area contributed by atoms with Gasteiger partial charge in [-0.25, -0.2) is 0 Å². The predicted octanol–water partition coefficient (Wildman–Crippen LogP) is 2.90. The number of carbonyl (C=O) groups excluding carboxylic acids is 2. The van der Waals surface area contributed by atoms with Gasteiger partial charge in [0.15, 0.2) is 0 Å². The number of likely N-dealkylation sites (tertiary alicyclic amines) is 2. The molecule has 1 aromatic carbocycles. The van der Waals surface area contributed by atoms with Gasteiger partial charge in [-0.3, -0.25) is 24.5 Å². The zero-order valence-corrected chi connectivity index (χ0v) is 17.5. The van der Waals surface area contributed by atoms with Gasteiger partial charge in [0.1, 0.15) is 0 Å². The predicted molar refractivity (Wildman–Crippen MR) is 116 cm³/mol. The highest BCUT2D eigenvalue weighted by Gasteiger charge is 2.28. The van der Waals surface area contributed by atoms with Gasteiger partial charge in [0.25, 0.3) is 0 Å². The van der Waals surface area contributed by atoms with Gasteiger partial charge in [-0.1, -0.05) is 12.1 Å². The number of anilines is 1. The van der Waals surface area contributed by atoms with Crippen LogP contribution in [0.5, 0.6) is 0 Å². The molecule has 0 unspecified atom stereocenters. The fourth-order valence-corrected chi connectivity index (χ4v) is 4.50. The van der Waals surface area contributed by atoms with Gasteiger partial charge in [-0.2, -0.15) is 0 Å². The summed E-state index contributed by atoms with van der Waals surface area (Å²) in [6, 6.07) is 7.72. The molecular formula is C23H29N5O2. The summed E-state index contributed by atoms with van der Waals surface area (Å²) in [7, 11) is 0. The van der Waals surface area contributed by atoms with Crippen molar-refractivity contribution in [2.24, 2.45) is 0 Å². The average molecular weight is 408 g/mol. The van der Waals surface area contributed by atoms with E-state index >= 15 is 0 Å². The minimum Gasteiger partial charge on any atom is -0.342 e. The fourth-order valence-electron chi connectivity index (χ4n) is 4.50. The Kier molecular flexibility index (Phi) is 6.38. The molecule has 30 heavy (non-hydrogen) atoms. The Morgan fingerprint density at radius 3 is 2.70 bits per heavy atom. The summed E-state index contributed by atoms with van der Waals surface area (Å²) in [6.45, 7) is 5.55. The second-order valence-corrected chi connectivity index (χ2v) is 8.21. The van der Waals surface area contributed by atoms with Crippen molar-refractivity contribution < 1.29 is 9.59 Å². The molecule has 4 rings (SSSR count). The first-order valence-corrected chi connectivity index (χ1v) is 10.8. The van der Waals surface area contributed by atoms with Crippen molar-refractivity contribution in [2.45, 2.75) is 38.5 Å². The number of hydrogen-bond donors (Lipinski definition) is 1. The molecule has 7 nitrogen and oxygen atoms in total. The lowest BCUT2D eigenvalue weighted by Crippen LogP contribution is -2.43. The van der Waals surface area contributed by atoms with E-state index in [2.05, 4.69) is 20.2 Å². The molecule has 2 amide bonds. The van der Waals surface area contributed by atoms with Crippen molar-refractivity contribution in [3.8, 4) is 11.3 Å². The van der Waals surface area contributed by atoms with Gasteiger partial charge in [-0.05, 0) is 44.4 Å². The van der Waals surface area contributed by atoms with Crippen LogP contribution >= 0.6 is 0 Å². The molecule has 1 aromatic heterocycles. The van der Waals surface area contributed by atoms with Gasteiger partial charge in [0, 0.05) is 56.1 Å². The van der Waals surface area contributed by atoms with Crippen LogP contribution in [-0.2, 0) is 9.59 Å². The number of aromatic nitrogens is 2. The summed E-state index contributed by atoms with van der Waals surface area (Å²) in [6.07, 6.45) is 7.77. The molecule has 7 heteroatoms. The maximum atomic E-state index is 12.6. The fraction of sp³-hybridized carbons (Fsp3) is 0.478. The second-order valence-electron chi connectivity index (χ2n) is 8.21. The Balaban J connectivity index is 1.51. The van der Waals surface area contributed by atoms with E-state index in [1.165, 1.54) is 6.92 Å². The van der Waals surface area contributed by atoms with Gasteiger partial charge >= 0.3 is 0 Å². The van der Waals surface area contributed by atoms with Crippen molar-refractivity contribution in [3.63, 3.8) is 0 Å². The Labute approximate surface area is 177 Å². The molecule has 2 fully saturated rings. The number of amides is 2. The number of nitrogens with zero attached hydrogens (tertiary/aromatic N) is 4. The van der Waals surface area contributed by atoms with Gasteiger partial charge in [0.05, 0.1) is 17.9 Å². The minimum atomic E-state index is -0.0999. The van der Waals surface area contributed by atoms with E-state index in [9.17, 15) is 9.59 Å². The number of nitrogens with one attached hydrogen (secondary N) is 1. The first-order chi connectivity index (χ1) is 14.6. The summed E-state index contributed by atoms with van der Waals surface area (Å²) in [5.41, 5.74) is 3.51. The monoisotopic (exact) mass is 407 g/mol. The van der Waals surface area contributed by atoms with Crippen LogP contribution in [0, 0.1) is 0 Å². The number of carbonyl (C=O) groups is 2. The lowest BCUT2D eigenvalue weighted by Gasteiger charge is -2.33.